The van der Waals surface area contributed by atoms with Crippen molar-refractivity contribution in [1.82, 2.24) is 0 Å². The Balaban J connectivity index is 2.01. The number of hydrogen-bond donors (Lipinski definition) is 1. The van der Waals surface area contributed by atoms with Crippen molar-refractivity contribution in [1.29, 1.82) is 5.26 Å². The van der Waals surface area contributed by atoms with E-state index in [0.29, 0.717) is 18.8 Å². The molecule has 0 radical (unpaired) electrons. The second kappa shape index (κ2) is 4.65. The zero-order chi connectivity index (χ0) is 13.2. The van der Waals surface area contributed by atoms with Crippen molar-refractivity contribution in [2.45, 2.75) is 19.3 Å². The molecule has 1 N–H and O–H groups in total. The van der Waals surface area contributed by atoms with Gasteiger partial charge < -0.3 is 9.84 Å². The van der Waals surface area contributed by atoms with E-state index in [-0.39, 0.29) is 11.0 Å². The van der Waals surface area contributed by atoms with Crippen molar-refractivity contribution in [3.63, 3.8) is 0 Å². The Morgan fingerprint density at radius 3 is 2.78 bits per heavy atom. The van der Waals surface area contributed by atoms with Crippen LogP contribution >= 0.6 is 0 Å². The number of hydrogen-bond acceptors (Lipinski definition) is 3. The maximum Gasteiger partial charge on any atom is 0.338 e. The minimum atomic E-state index is -1.30. The molecule has 0 spiro atoms. The fraction of sp³-hybridized carbons (Fsp3) is 0.385. The monoisotopic (exact) mass is 249 g/mol. The number of nitrogens with zero attached hydrogens (tertiary/aromatic N) is 1. The SMILES string of the molecule is N#CCC1(COc2ccc(C(=O)O)c(F)c2)CC1. The number of carbonyl (C=O) groups is 1. The average Bonchev–Trinajstić information content (AvgIpc) is 3.07. The van der Waals surface area contributed by atoms with Gasteiger partial charge in [-0.15, -0.1) is 0 Å². The summed E-state index contributed by atoms with van der Waals surface area (Å²) in [7, 11) is 0. The lowest BCUT2D eigenvalue weighted by atomic mass is 10.1. The molecule has 0 unspecified atom stereocenters. The van der Waals surface area contributed by atoms with E-state index in [1.165, 1.54) is 12.1 Å². The quantitative estimate of drug-likeness (QED) is 0.870. The van der Waals surface area contributed by atoms with Crippen molar-refractivity contribution in [3.05, 3.63) is 29.6 Å². The highest BCUT2D eigenvalue weighted by atomic mass is 19.1. The molecule has 1 aliphatic rings. The molecule has 0 aliphatic heterocycles. The Bertz CT molecular complexity index is 517. The second-order valence-electron chi connectivity index (χ2n) is 4.57. The Labute approximate surface area is 104 Å². The van der Waals surface area contributed by atoms with Crippen LogP contribution in [-0.2, 0) is 0 Å². The van der Waals surface area contributed by atoms with E-state index in [1.807, 2.05) is 0 Å². The molecule has 0 amide bonds. The van der Waals surface area contributed by atoms with E-state index >= 15 is 0 Å². The lowest BCUT2D eigenvalue weighted by Crippen LogP contribution is -2.12. The molecule has 1 aliphatic carbocycles. The molecule has 2 rings (SSSR count). The fourth-order valence-corrected chi connectivity index (χ4v) is 1.71. The number of nitriles is 1. The van der Waals surface area contributed by atoms with Gasteiger partial charge in [0.05, 0.1) is 18.2 Å². The van der Waals surface area contributed by atoms with Gasteiger partial charge in [0.1, 0.15) is 11.6 Å². The zero-order valence-corrected chi connectivity index (χ0v) is 9.65. The van der Waals surface area contributed by atoms with Gasteiger partial charge in [-0.3, -0.25) is 0 Å². The van der Waals surface area contributed by atoms with E-state index < -0.39 is 11.8 Å². The Morgan fingerprint density at radius 1 is 1.56 bits per heavy atom. The summed E-state index contributed by atoms with van der Waals surface area (Å²) < 4.78 is 18.8. The van der Waals surface area contributed by atoms with Crippen LogP contribution in [0.4, 0.5) is 4.39 Å². The number of benzene rings is 1. The first-order valence-electron chi connectivity index (χ1n) is 5.59. The smallest absolute Gasteiger partial charge is 0.338 e. The molecule has 5 heteroatoms. The first-order chi connectivity index (χ1) is 8.56. The Morgan fingerprint density at radius 2 is 2.28 bits per heavy atom. The number of carboxylic acids is 1. The van der Waals surface area contributed by atoms with Gasteiger partial charge in [0.15, 0.2) is 0 Å². The van der Waals surface area contributed by atoms with Crippen LogP contribution in [0.1, 0.15) is 29.6 Å². The third-order valence-corrected chi connectivity index (χ3v) is 3.13. The second-order valence-corrected chi connectivity index (χ2v) is 4.57. The molecule has 1 saturated carbocycles. The van der Waals surface area contributed by atoms with Crippen LogP contribution < -0.4 is 4.74 Å². The van der Waals surface area contributed by atoms with E-state index in [1.54, 1.807) is 0 Å². The Kier molecular flexibility index (Phi) is 3.19. The van der Waals surface area contributed by atoms with Crippen LogP contribution in [0.15, 0.2) is 18.2 Å². The molecule has 4 nitrogen and oxygen atoms in total. The van der Waals surface area contributed by atoms with Gasteiger partial charge in [0, 0.05) is 17.9 Å². The first-order valence-corrected chi connectivity index (χ1v) is 5.59. The van der Waals surface area contributed by atoms with Gasteiger partial charge in [-0.2, -0.15) is 5.26 Å². The molecule has 94 valence electrons. The van der Waals surface area contributed by atoms with Gasteiger partial charge in [0.25, 0.3) is 0 Å². The largest absolute Gasteiger partial charge is 0.493 e. The summed E-state index contributed by atoms with van der Waals surface area (Å²) in [6.45, 7) is 0.367. The fourth-order valence-electron chi connectivity index (χ4n) is 1.71. The minimum absolute atomic E-state index is 0.0866. The predicted molar refractivity (Wildman–Crippen MR) is 60.8 cm³/mol. The molecule has 0 atom stereocenters. The van der Waals surface area contributed by atoms with Gasteiger partial charge in [-0.1, -0.05) is 0 Å². The predicted octanol–water partition coefficient (Wildman–Crippen LogP) is 2.60. The van der Waals surface area contributed by atoms with Crippen LogP contribution in [0.3, 0.4) is 0 Å². The first kappa shape index (κ1) is 12.4. The highest BCUT2D eigenvalue weighted by molar-refractivity contribution is 5.88. The number of aromatic carboxylic acids is 1. The van der Waals surface area contributed by atoms with Crippen molar-refractivity contribution in [2.75, 3.05) is 6.61 Å². The molecule has 1 fully saturated rings. The molecule has 0 heterocycles. The summed E-state index contributed by atoms with van der Waals surface area (Å²) in [4.78, 5) is 10.6. The number of rotatable bonds is 5. The lowest BCUT2D eigenvalue weighted by molar-refractivity contribution is 0.0691. The molecule has 0 aromatic heterocycles. The van der Waals surface area contributed by atoms with Crippen LogP contribution in [-0.4, -0.2) is 17.7 Å². The molecule has 0 bridgehead atoms. The van der Waals surface area contributed by atoms with Crippen LogP contribution in [0.5, 0.6) is 5.75 Å². The maximum absolute atomic E-state index is 13.4. The number of ether oxygens (including phenoxy) is 1. The molecular weight excluding hydrogens is 237 g/mol. The van der Waals surface area contributed by atoms with Crippen LogP contribution in [0.2, 0.25) is 0 Å². The van der Waals surface area contributed by atoms with Gasteiger partial charge >= 0.3 is 5.97 Å². The topological polar surface area (TPSA) is 70.3 Å². The number of carboxylic acid groups (broad SMARTS) is 1. The van der Waals surface area contributed by atoms with Crippen molar-refractivity contribution < 1.29 is 19.0 Å². The number of halogens is 1. The van der Waals surface area contributed by atoms with E-state index in [9.17, 15) is 9.18 Å². The molecule has 1 aromatic rings. The van der Waals surface area contributed by atoms with Gasteiger partial charge in [-0.25, -0.2) is 9.18 Å². The molecular formula is C13H12FNO3. The Hall–Kier alpha value is -2.09. The highest BCUT2D eigenvalue weighted by Gasteiger charge is 2.43. The third kappa shape index (κ3) is 2.59. The van der Waals surface area contributed by atoms with E-state index in [4.69, 9.17) is 15.1 Å². The standard InChI is InChI=1S/C13H12FNO3/c14-11-7-9(1-2-10(11)12(16)17)18-8-13(3-4-13)5-6-15/h1-2,7H,3-5,8H2,(H,16,17). The minimum Gasteiger partial charge on any atom is -0.493 e. The lowest BCUT2D eigenvalue weighted by Gasteiger charge is -2.13. The maximum atomic E-state index is 13.4. The van der Waals surface area contributed by atoms with Crippen LogP contribution in [0.25, 0.3) is 0 Å². The van der Waals surface area contributed by atoms with Crippen LogP contribution in [0, 0.1) is 22.6 Å². The van der Waals surface area contributed by atoms with Gasteiger partial charge in [-0.05, 0) is 25.0 Å². The average molecular weight is 249 g/mol. The van der Waals surface area contributed by atoms with Crippen molar-refractivity contribution >= 4 is 5.97 Å². The third-order valence-electron chi connectivity index (χ3n) is 3.13. The summed E-state index contributed by atoms with van der Waals surface area (Å²) >= 11 is 0. The summed E-state index contributed by atoms with van der Waals surface area (Å²) in [5, 5.41) is 17.3. The van der Waals surface area contributed by atoms with Crippen molar-refractivity contribution in [3.8, 4) is 11.8 Å². The highest BCUT2D eigenvalue weighted by Crippen LogP contribution is 2.48. The molecule has 1 aromatic carbocycles. The zero-order valence-electron chi connectivity index (χ0n) is 9.65. The molecule has 0 saturated heterocycles. The van der Waals surface area contributed by atoms with Gasteiger partial charge in [0.2, 0.25) is 0 Å². The molecule has 18 heavy (non-hydrogen) atoms. The van der Waals surface area contributed by atoms with E-state index in [2.05, 4.69) is 6.07 Å². The van der Waals surface area contributed by atoms with Crippen molar-refractivity contribution in [2.24, 2.45) is 5.41 Å². The van der Waals surface area contributed by atoms with E-state index in [0.717, 1.165) is 18.9 Å². The summed E-state index contributed by atoms with van der Waals surface area (Å²) in [5.41, 5.74) is -0.461. The summed E-state index contributed by atoms with van der Waals surface area (Å²) in [6.07, 6.45) is 2.31. The summed E-state index contributed by atoms with van der Waals surface area (Å²) in [5.74, 6) is -1.82. The normalized spacial score (nSPS) is 15.8. The summed E-state index contributed by atoms with van der Waals surface area (Å²) in [6, 6.07) is 5.77.